The van der Waals surface area contributed by atoms with Gasteiger partial charge in [-0.2, -0.15) is 0 Å². The van der Waals surface area contributed by atoms with Gasteiger partial charge in [0.1, 0.15) is 6.33 Å². The molecule has 19 heavy (non-hydrogen) atoms. The maximum atomic E-state index is 5.43. The summed E-state index contributed by atoms with van der Waals surface area (Å²) in [5, 5.41) is 3.50. The lowest BCUT2D eigenvalue weighted by Gasteiger charge is -2.32. The van der Waals surface area contributed by atoms with Gasteiger partial charge >= 0.3 is 0 Å². The number of ether oxygens (including phenoxy) is 1. The average molecular weight is 265 g/mol. The zero-order valence-corrected chi connectivity index (χ0v) is 11.6. The lowest BCUT2D eigenvalue weighted by Crippen LogP contribution is -2.32. The number of nitrogens with two attached hydrogens (primary N) is 1. The molecule has 2 unspecified atom stereocenters. The van der Waals surface area contributed by atoms with Crippen LogP contribution in [0.15, 0.2) is 6.33 Å². The second kappa shape index (κ2) is 6.56. The molecule has 1 heterocycles. The molecule has 1 aliphatic rings. The first-order valence-corrected chi connectivity index (χ1v) is 6.92. The summed E-state index contributed by atoms with van der Waals surface area (Å²) in [5.74, 6) is 7.93. The van der Waals surface area contributed by atoms with E-state index in [4.69, 9.17) is 10.6 Å². The number of nitrogen functional groups attached to an aromatic ring is 1. The van der Waals surface area contributed by atoms with Gasteiger partial charge in [0, 0.05) is 6.04 Å². The molecule has 0 saturated heterocycles. The highest BCUT2D eigenvalue weighted by Crippen LogP contribution is 2.33. The number of nitrogens with one attached hydrogen (secondary N) is 2. The first-order valence-electron chi connectivity index (χ1n) is 6.92. The van der Waals surface area contributed by atoms with Crippen LogP contribution in [0.25, 0.3) is 0 Å². The van der Waals surface area contributed by atoms with Crippen LogP contribution < -0.4 is 21.3 Å². The standard InChI is InChI=1S/C13H23N5O/c1-3-9-6-4-5-7-10(9)17-12-11(19-2)13(18-14)16-8-15-12/h8-10H,3-7,14H2,1-2H3,(H2,15,16,17,18). The molecule has 2 atom stereocenters. The molecule has 106 valence electrons. The van der Waals surface area contributed by atoms with E-state index in [9.17, 15) is 0 Å². The molecule has 4 N–H and O–H groups in total. The molecular weight excluding hydrogens is 242 g/mol. The minimum Gasteiger partial charge on any atom is -0.490 e. The molecule has 1 saturated carbocycles. The number of hydrogen-bond acceptors (Lipinski definition) is 6. The van der Waals surface area contributed by atoms with Crippen molar-refractivity contribution in [2.75, 3.05) is 17.9 Å². The third-order valence-electron chi connectivity index (χ3n) is 3.90. The monoisotopic (exact) mass is 265 g/mol. The number of aromatic nitrogens is 2. The summed E-state index contributed by atoms with van der Waals surface area (Å²) in [4.78, 5) is 8.33. The lowest BCUT2D eigenvalue weighted by atomic mass is 9.83. The molecule has 0 spiro atoms. The first kappa shape index (κ1) is 13.9. The van der Waals surface area contributed by atoms with E-state index in [1.165, 1.54) is 38.4 Å². The van der Waals surface area contributed by atoms with Gasteiger partial charge in [-0.15, -0.1) is 0 Å². The van der Waals surface area contributed by atoms with Gasteiger partial charge < -0.3 is 15.5 Å². The highest BCUT2D eigenvalue weighted by atomic mass is 16.5. The molecule has 0 bridgehead atoms. The van der Waals surface area contributed by atoms with Crippen LogP contribution in [0.4, 0.5) is 11.6 Å². The van der Waals surface area contributed by atoms with Crippen molar-refractivity contribution in [2.24, 2.45) is 11.8 Å². The number of methoxy groups -OCH3 is 1. The van der Waals surface area contributed by atoms with Crippen molar-refractivity contribution in [3.05, 3.63) is 6.33 Å². The van der Waals surface area contributed by atoms with Gasteiger partial charge in [0.05, 0.1) is 7.11 Å². The van der Waals surface area contributed by atoms with E-state index >= 15 is 0 Å². The minimum absolute atomic E-state index is 0.452. The Morgan fingerprint density at radius 1 is 1.32 bits per heavy atom. The van der Waals surface area contributed by atoms with Crippen molar-refractivity contribution in [3.63, 3.8) is 0 Å². The van der Waals surface area contributed by atoms with E-state index < -0.39 is 0 Å². The highest BCUT2D eigenvalue weighted by molar-refractivity contribution is 5.63. The number of nitrogens with zero attached hydrogens (tertiary/aromatic N) is 2. The molecule has 0 radical (unpaired) electrons. The van der Waals surface area contributed by atoms with Gasteiger partial charge in [-0.1, -0.05) is 26.2 Å². The Morgan fingerprint density at radius 3 is 2.74 bits per heavy atom. The molecule has 1 aliphatic carbocycles. The van der Waals surface area contributed by atoms with Gasteiger partial charge in [-0.05, 0) is 18.8 Å². The summed E-state index contributed by atoms with van der Waals surface area (Å²) in [5.41, 5.74) is 2.53. The zero-order valence-electron chi connectivity index (χ0n) is 11.6. The Hall–Kier alpha value is -1.56. The number of anilines is 2. The van der Waals surface area contributed by atoms with Gasteiger partial charge in [0.2, 0.25) is 5.75 Å². The van der Waals surface area contributed by atoms with E-state index in [-0.39, 0.29) is 0 Å². The molecule has 2 rings (SSSR count). The molecule has 0 aromatic carbocycles. The Balaban J connectivity index is 2.17. The second-order valence-corrected chi connectivity index (χ2v) is 4.95. The number of hydrogen-bond donors (Lipinski definition) is 3. The van der Waals surface area contributed by atoms with Crippen molar-refractivity contribution in [2.45, 2.75) is 45.1 Å². The minimum atomic E-state index is 0.452. The van der Waals surface area contributed by atoms with Crippen molar-refractivity contribution in [1.29, 1.82) is 0 Å². The average Bonchev–Trinajstić information content (AvgIpc) is 2.47. The molecule has 1 aromatic heterocycles. The zero-order chi connectivity index (χ0) is 13.7. The summed E-state index contributed by atoms with van der Waals surface area (Å²) in [7, 11) is 1.60. The summed E-state index contributed by atoms with van der Waals surface area (Å²) in [6.07, 6.45) is 7.73. The molecule has 1 aromatic rings. The summed E-state index contributed by atoms with van der Waals surface area (Å²) in [6, 6.07) is 0.452. The van der Waals surface area contributed by atoms with E-state index in [2.05, 4.69) is 27.6 Å². The molecule has 1 fully saturated rings. The molecule has 0 aliphatic heterocycles. The van der Waals surface area contributed by atoms with Gasteiger partial charge in [-0.25, -0.2) is 15.8 Å². The van der Waals surface area contributed by atoms with Crippen LogP contribution in [0.5, 0.6) is 5.75 Å². The fraction of sp³-hybridized carbons (Fsp3) is 0.692. The Kier molecular flexibility index (Phi) is 4.79. The van der Waals surface area contributed by atoms with Crippen molar-refractivity contribution in [1.82, 2.24) is 9.97 Å². The Bertz CT molecular complexity index is 412. The van der Waals surface area contributed by atoms with E-state index in [1.54, 1.807) is 7.11 Å². The smallest absolute Gasteiger partial charge is 0.205 e. The second-order valence-electron chi connectivity index (χ2n) is 4.95. The summed E-state index contributed by atoms with van der Waals surface area (Å²) in [6.45, 7) is 2.24. The third-order valence-corrected chi connectivity index (χ3v) is 3.90. The first-order chi connectivity index (χ1) is 9.30. The SMILES string of the molecule is CCC1CCCCC1Nc1ncnc(NN)c1OC. The van der Waals surface area contributed by atoms with Crippen molar-refractivity contribution < 1.29 is 4.74 Å². The Morgan fingerprint density at radius 2 is 2.05 bits per heavy atom. The van der Waals surface area contributed by atoms with Crippen LogP contribution in [0.2, 0.25) is 0 Å². The van der Waals surface area contributed by atoms with Gasteiger partial charge in [0.25, 0.3) is 0 Å². The van der Waals surface area contributed by atoms with E-state index in [0.717, 1.165) is 5.82 Å². The highest BCUT2D eigenvalue weighted by Gasteiger charge is 2.25. The largest absolute Gasteiger partial charge is 0.490 e. The topological polar surface area (TPSA) is 85.1 Å². The normalized spacial score (nSPS) is 22.9. The van der Waals surface area contributed by atoms with Crippen molar-refractivity contribution in [3.8, 4) is 5.75 Å². The lowest BCUT2D eigenvalue weighted by molar-refractivity contribution is 0.315. The van der Waals surface area contributed by atoms with Crippen LogP contribution in [-0.2, 0) is 0 Å². The van der Waals surface area contributed by atoms with Crippen LogP contribution in [0.3, 0.4) is 0 Å². The molecule has 6 heteroatoms. The molecular formula is C13H23N5O. The predicted octanol–water partition coefficient (Wildman–Crippen LogP) is 2.15. The predicted molar refractivity (Wildman–Crippen MR) is 76.1 cm³/mol. The maximum absolute atomic E-state index is 5.43. The van der Waals surface area contributed by atoms with Crippen LogP contribution in [-0.4, -0.2) is 23.1 Å². The van der Waals surface area contributed by atoms with Crippen molar-refractivity contribution >= 4 is 11.6 Å². The van der Waals surface area contributed by atoms with Crippen LogP contribution in [0, 0.1) is 5.92 Å². The molecule has 0 amide bonds. The quantitative estimate of drug-likeness (QED) is 0.559. The number of hydrazine groups is 1. The maximum Gasteiger partial charge on any atom is 0.205 e. The van der Waals surface area contributed by atoms with Gasteiger partial charge in [-0.3, -0.25) is 0 Å². The van der Waals surface area contributed by atoms with Gasteiger partial charge in [0.15, 0.2) is 11.6 Å². The number of rotatable bonds is 5. The van der Waals surface area contributed by atoms with E-state index in [0.29, 0.717) is 23.5 Å². The third kappa shape index (κ3) is 3.07. The molecule has 6 nitrogen and oxygen atoms in total. The summed E-state index contributed by atoms with van der Waals surface area (Å²) >= 11 is 0. The summed E-state index contributed by atoms with van der Waals surface area (Å²) < 4.78 is 5.35. The fourth-order valence-corrected chi connectivity index (χ4v) is 2.83. The van der Waals surface area contributed by atoms with E-state index in [1.807, 2.05) is 0 Å². The van der Waals surface area contributed by atoms with Crippen LogP contribution >= 0.6 is 0 Å². The Labute approximate surface area is 114 Å². The van der Waals surface area contributed by atoms with Crippen LogP contribution in [0.1, 0.15) is 39.0 Å². The fourth-order valence-electron chi connectivity index (χ4n) is 2.83.